The number of nitrogens with two attached hydrogens (primary N) is 1. The van der Waals surface area contributed by atoms with Gasteiger partial charge in [0.2, 0.25) is 5.91 Å². The summed E-state index contributed by atoms with van der Waals surface area (Å²) < 4.78 is 19.0. The third-order valence-corrected chi connectivity index (χ3v) is 3.63. The minimum Gasteiger partial charge on any atom is -0.494 e. The van der Waals surface area contributed by atoms with Gasteiger partial charge in [-0.1, -0.05) is 12.1 Å². The van der Waals surface area contributed by atoms with E-state index in [9.17, 15) is 9.18 Å². The van der Waals surface area contributed by atoms with Crippen molar-refractivity contribution >= 4 is 5.91 Å². The second-order valence-corrected chi connectivity index (χ2v) is 4.94. The second-order valence-electron chi connectivity index (χ2n) is 4.94. The van der Waals surface area contributed by atoms with Gasteiger partial charge in [0.15, 0.2) is 11.6 Å². The van der Waals surface area contributed by atoms with E-state index < -0.39 is 0 Å². The Balaban J connectivity index is 2.06. The van der Waals surface area contributed by atoms with Gasteiger partial charge in [-0.15, -0.1) is 0 Å². The zero-order chi connectivity index (χ0) is 13.8. The van der Waals surface area contributed by atoms with Gasteiger partial charge >= 0.3 is 0 Å². The van der Waals surface area contributed by atoms with Crippen molar-refractivity contribution < 1.29 is 13.9 Å². The van der Waals surface area contributed by atoms with Gasteiger partial charge in [0.05, 0.1) is 13.2 Å². The number of rotatable bonds is 4. The first-order valence-corrected chi connectivity index (χ1v) is 6.46. The van der Waals surface area contributed by atoms with E-state index in [1.54, 1.807) is 18.2 Å². The lowest BCUT2D eigenvalue weighted by atomic mass is 9.87. The molecule has 1 heterocycles. The molecule has 1 aliphatic heterocycles. The Morgan fingerprint density at radius 1 is 1.58 bits per heavy atom. The van der Waals surface area contributed by atoms with Gasteiger partial charge in [-0.3, -0.25) is 4.79 Å². The van der Waals surface area contributed by atoms with Gasteiger partial charge in [-0.05, 0) is 43.4 Å². The summed E-state index contributed by atoms with van der Waals surface area (Å²) in [5, 5.41) is 3.08. The van der Waals surface area contributed by atoms with Crippen molar-refractivity contribution in [3.8, 4) is 5.75 Å². The predicted octanol–water partition coefficient (Wildman–Crippen LogP) is 1.23. The largest absolute Gasteiger partial charge is 0.494 e. The SMILES string of the molecule is COc1cccc(CC2CCNC(C(N)=O)C2)c1F. The molecule has 1 aromatic rings. The maximum Gasteiger partial charge on any atom is 0.234 e. The van der Waals surface area contributed by atoms with Crippen LogP contribution >= 0.6 is 0 Å². The van der Waals surface area contributed by atoms with E-state index in [-0.39, 0.29) is 29.4 Å². The molecule has 4 nitrogen and oxygen atoms in total. The number of benzene rings is 1. The van der Waals surface area contributed by atoms with Crippen LogP contribution in [0.4, 0.5) is 4.39 Å². The van der Waals surface area contributed by atoms with Crippen LogP contribution in [0, 0.1) is 11.7 Å². The fraction of sp³-hybridized carbons (Fsp3) is 0.500. The molecule has 0 saturated carbocycles. The number of primary amides is 1. The number of nitrogens with one attached hydrogen (secondary N) is 1. The van der Waals surface area contributed by atoms with Gasteiger partial charge in [0.1, 0.15) is 0 Å². The van der Waals surface area contributed by atoms with E-state index in [4.69, 9.17) is 10.5 Å². The molecule has 0 aliphatic carbocycles. The average Bonchev–Trinajstić information content (AvgIpc) is 2.41. The van der Waals surface area contributed by atoms with E-state index in [0.717, 1.165) is 13.0 Å². The number of ether oxygens (including phenoxy) is 1. The molecule has 104 valence electrons. The Morgan fingerprint density at radius 3 is 3.05 bits per heavy atom. The van der Waals surface area contributed by atoms with Crippen LogP contribution in [0.25, 0.3) is 0 Å². The standard InChI is InChI=1S/C14H19FN2O2/c1-19-12-4-2-3-10(13(12)15)7-9-5-6-17-11(8-9)14(16)18/h2-4,9,11,17H,5-8H2,1H3,(H2,16,18). The van der Waals surface area contributed by atoms with E-state index >= 15 is 0 Å². The van der Waals surface area contributed by atoms with Crippen LogP contribution in [0.3, 0.4) is 0 Å². The number of carbonyl (C=O) groups is 1. The van der Waals surface area contributed by atoms with Gasteiger partial charge in [0, 0.05) is 0 Å². The lowest BCUT2D eigenvalue weighted by molar-refractivity contribution is -0.120. The predicted molar refractivity (Wildman–Crippen MR) is 70.4 cm³/mol. The highest BCUT2D eigenvalue weighted by molar-refractivity contribution is 5.79. The summed E-state index contributed by atoms with van der Waals surface area (Å²) in [4.78, 5) is 11.2. The highest BCUT2D eigenvalue weighted by atomic mass is 19.1. The molecule has 0 aromatic heterocycles. The minimum atomic E-state index is -0.337. The van der Waals surface area contributed by atoms with Crippen molar-refractivity contribution in [3.05, 3.63) is 29.6 Å². The summed E-state index contributed by atoms with van der Waals surface area (Å²) in [7, 11) is 1.45. The molecule has 19 heavy (non-hydrogen) atoms. The van der Waals surface area contributed by atoms with E-state index in [0.29, 0.717) is 18.4 Å². The molecule has 3 N–H and O–H groups in total. The minimum absolute atomic E-state index is 0.262. The number of carbonyl (C=O) groups excluding carboxylic acids is 1. The van der Waals surface area contributed by atoms with Crippen LogP contribution < -0.4 is 15.8 Å². The van der Waals surface area contributed by atoms with Crippen molar-refractivity contribution in [2.75, 3.05) is 13.7 Å². The highest BCUT2D eigenvalue weighted by Crippen LogP contribution is 2.26. The third kappa shape index (κ3) is 3.23. The fourth-order valence-electron chi connectivity index (χ4n) is 2.58. The number of halogens is 1. The average molecular weight is 266 g/mol. The van der Waals surface area contributed by atoms with Gasteiger partial charge in [-0.2, -0.15) is 0 Å². The Labute approximate surface area is 112 Å². The first-order valence-electron chi connectivity index (χ1n) is 6.46. The zero-order valence-corrected chi connectivity index (χ0v) is 11.0. The van der Waals surface area contributed by atoms with E-state index in [2.05, 4.69) is 5.32 Å². The summed E-state index contributed by atoms with van der Waals surface area (Å²) in [6, 6.07) is 4.85. The molecule has 1 amide bonds. The van der Waals surface area contributed by atoms with E-state index in [1.165, 1.54) is 7.11 Å². The van der Waals surface area contributed by atoms with E-state index in [1.807, 2.05) is 0 Å². The maximum atomic E-state index is 14.1. The number of methoxy groups -OCH3 is 1. The van der Waals surface area contributed by atoms with Crippen LogP contribution in [0.2, 0.25) is 0 Å². The summed E-state index contributed by atoms with van der Waals surface area (Å²) in [6.07, 6.45) is 2.18. The quantitative estimate of drug-likeness (QED) is 0.861. The number of piperidine rings is 1. The van der Waals surface area contributed by atoms with Crippen molar-refractivity contribution in [2.45, 2.75) is 25.3 Å². The smallest absolute Gasteiger partial charge is 0.234 e. The Morgan fingerprint density at radius 2 is 2.37 bits per heavy atom. The molecule has 2 rings (SSSR count). The number of hydrogen-bond donors (Lipinski definition) is 2. The normalized spacial score (nSPS) is 23.1. The monoisotopic (exact) mass is 266 g/mol. The van der Waals surface area contributed by atoms with Crippen molar-refractivity contribution in [1.82, 2.24) is 5.32 Å². The highest BCUT2D eigenvalue weighted by Gasteiger charge is 2.26. The molecule has 1 aromatic carbocycles. The third-order valence-electron chi connectivity index (χ3n) is 3.63. The van der Waals surface area contributed by atoms with Crippen LogP contribution in [0.5, 0.6) is 5.75 Å². The van der Waals surface area contributed by atoms with Crippen molar-refractivity contribution in [3.63, 3.8) is 0 Å². The molecule has 1 saturated heterocycles. The Hall–Kier alpha value is -1.62. The molecule has 0 bridgehead atoms. The lowest BCUT2D eigenvalue weighted by Gasteiger charge is -2.28. The van der Waals surface area contributed by atoms with Crippen LogP contribution in [0.15, 0.2) is 18.2 Å². The molecule has 5 heteroatoms. The fourth-order valence-corrected chi connectivity index (χ4v) is 2.58. The number of hydrogen-bond acceptors (Lipinski definition) is 3. The summed E-state index contributed by atoms with van der Waals surface area (Å²) in [6.45, 7) is 0.740. The topological polar surface area (TPSA) is 64.3 Å². The Kier molecular flexibility index (Phi) is 4.37. The Bertz CT molecular complexity index is 465. The van der Waals surface area contributed by atoms with Gasteiger partial charge < -0.3 is 15.8 Å². The first kappa shape index (κ1) is 13.8. The molecular weight excluding hydrogens is 247 g/mol. The first-order chi connectivity index (χ1) is 9.11. The molecule has 0 radical (unpaired) electrons. The van der Waals surface area contributed by atoms with Crippen molar-refractivity contribution in [2.24, 2.45) is 11.7 Å². The van der Waals surface area contributed by atoms with Gasteiger partial charge in [-0.25, -0.2) is 4.39 Å². The molecule has 1 fully saturated rings. The van der Waals surface area contributed by atoms with Crippen LogP contribution in [0.1, 0.15) is 18.4 Å². The molecule has 2 atom stereocenters. The van der Waals surface area contributed by atoms with Crippen LogP contribution in [-0.4, -0.2) is 25.6 Å². The second kappa shape index (κ2) is 6.02. The van der Waals surface area contributed by atoms with Crippen molar-refractivity contribution in [1.29, 1.82) is 0 Å². The summed E-state index contributed by atoms with van der Waals surface area (Å²) >= 11 is 0. The summed E-state index contributed by atoms with van der Waals surface area (Å²) in [5.41, 5.74) is 5.94. The summed E-state index contributed by atoms with van der Waals surface area (Å²) in [5.74, 6) is -0.117. The maximum absolute atomic E-state index is 14.1. The zero-order valence-electron chi connectivity index (χ0n) is 11.0. The molecule has 2 unspecified atom stereocenters. The number of amides is 1. The van der Waals surface area contributed by atoms with Crippen LogP contribution in [-0.2, 0) is 11.2 Å². The molecular formula is C14H19FN2O2. The lowest BCUT2D eigenvalue weighted by Crippen LogP contribution is -2.47. The molecule has 1 aliphatic rings. The van der Waals surface area contributed by atoms with Gasteiger partial charge in [0.25, 0.3) is 0 Å². The molecule has 0 spiro atoms.